The maximum atomic E-state index is 12.4. The molecule has 0 spiro atoms. The molecule has 3 heteroatoms. The van der Waals surface area contributed by atoms with Gasteiger partial charge in [-0.1, -0.05) is 71.9 Å². The highest BCUT2D eigenvalue weighted by molar-refractivity contribution is 6.53. The number of hydrogen-bond acceptors (Lipinski definition) is 3. The van der Waals surface area contributed by atoms with Crippen LogP contribution in [0.15, 0.2) is 47.3 Å². The maximum Gasteiger partial charge on any atom is 0.236 e. The Morgan fingerprint density at radius 3 is 1.96 bits per heavy atom. The smallest absolute Gasteiger partial charge is 0.236 e. The number of aliphatic hydroxyl groups excluding tert-OH is 1. The fourth-order valence-electron chi connectivity index (χ4n) is 2.65. The molecule has 0 heterocycles. The first-order valence-corrected chi connectivity index (χ1v) is 8.18. The lowest BCUT2D eigenvalue weighted by molar-refractivity contribution is -0.131. The summed E-state index contributed by atoms with van der Waals surface area (Å²) >= 11 is 0. The molecule has 0 unspecified atom stereocenters. The standard InChI is InChI=1S/C20H28O3/c1-7-9-11-19(3,4)13-14-16(21)15(18(23)17(14)22)20(5,6)12-10-8-2/h9-13,21H,7-8H2,1-6H3/b11-9+,12-10+,14-13-. The third kappa shape index (κ3) is 4.31. The van der Waals surface area contributed by atoms with Crippen molar-refractivity contribution in [3.63, 3.8) is 0 Å². The Bertz CT molecular complexity index is 611. The third-order valence-electron chi connectivity index (χ3n) is 3.88. The monoisotopic (exact) mass is 316 g/mol. The Kier molecular flexibility index (Phi) is 5.92. The minimum Gasteiger partial charge on any atom is -0.507 e. The molecule has 0 bridgehead atoms. The Hall–Kier alpha value is -1.90. The summed E-state index contributed by atoms with van der Waals surface area (Å²) in [6, 6.07) is 0. The van der Waals surface area contributed by atoms with Gasteiger partial charge in [0.25, 0.3) is 0 Å². The van der Waals surface area contributed by atoms with Crippen LogP contribution in [0, 0.1) is 10.8 Å². The Balaban J connectivity index is 3.38. The molecular weight excluding hydrogens is 288 g/mol. The molecule has 0 aromatic rings. The van der Waals surface area contributed by atoms with Crippen LogP contribution in [-0.4, -0.2) is 16.7 Å². The molecule has 0 aromatic carbocycles. The molecule has 0 radical (unpaired) electrons. The Labute approximate surface area is 139 Å². The summed E-state index contributed by atoms with van der Waals surface area (Å²) in [6.45, 7) is 11.6. The molecular formula is C20H28O3. The van der Waals surface area contributed by atoms with Crippen molar-refractivity contribution in [2.24, 2.45) is 10.8 Å². The van der Waals surface area contributed by atoms with Crippen LogP contribution >= 0.6 is 0 Å². The minimum atomic E-state index is -0.675. The summed E-state index contributed by atoms with van der Waals surface area (Å²) < 4.78 is 0. The molecule has 1 aliphatic carbocycles. The highest BCUT2D eigenvalue weighted by atomic mass is 16.3. The van der Waals surface area contributed by atoms with Crippen LogP contribution in [0.3, 0.4) is 0 Å². The van der Waals surface area contributed by atoms with Crippen LogP contribution in [0.2, 0.25) is 0 Å². The second-order valence-electron chi connectivity index (χ2n) is 7.10. The van der Waals surface area contributed by atoms with Crippen molar-refractivity contribution in [2.75, 3.05) is 0 Å². The molecule has 3 nitrogen and oxygen atoms in total. The van der Waals surface area contributed by atoms with Crippen molar-refractivity contribution < 1.29 is 14.7 Å². The number of rotatable bonds is 6. The molecule has 0 fully saturated rings. The summed E-state index contributed by atoms with van der Waals surface area (Å²) in [5, 5.41) is 10.5. The van der Waals surface area contributed by atoms with E-state index in [1.165, 1.54) is 0 Å². The van der Waals surface area contributed by atoms with Gasteiger partial charge in [0.05, 0.1) is 11.1 Å². The first-order valence-electron chi connectivity index (χ1n) is 8.18. The molecule has 0 atom stereocenters. The van der Waals surface area contributed by atoms with E-state index in [-0.39, 0.29) is 16.9 Å². The predicted octanol–water partition coefficient (Wildman–Crippen LogP) is 4.86. The first-order chi connectivity index (χ1) is 10.6. The molecule has 0 aliphatic heterocycles. The SMILES string of the molecule is CC/C=C/C(C)(C)/C=C1\C(=O)C(=O)C(C(C)(C)/C=C/CC)=C1O. The van der Waals surface area contributed by atoms with Crippen molar-refractivity contribution in [2.45, 2.75) is 54.4 Å². The van der Waals surface area contributed by atoms with E-state index in [2.05, 4.69) is 0 Å². The van der Waals surface area contributed by atoms with Gasteiger partial charge >= 0.3 is 0 Å². The number of carbonyl (C=O) groups excluding carboxylic acids is 2. The second kappa shape index (κ2) is 7.12. The molecule has 1 rings (SSSR count). The van der Waals surface area contributed by atoms with E-state index in [1.807, 2.05) is 65.8 Å². The van der Waals surface area contributed by atoms with Crippen LogP contribution in [0.5, 0.6) is 0 Å². The lowest BCUT2D eigenvalue weighted by Gasteiger charge is -2.20. The summed E-state index contributed by atoms with van der Waals surface area (Å²) in [5.74, 6) is -1.40. The number of Topliss-reactive ketones (excluding diaryl/α,β-unsaturated/α-hetero) is 2. The van der Waals surface area contributed by atoms with E-state index in [9.17, 15) is 14.7 Å². The molecule has 1 aliphatic rings. The van der Waals surface area contributed by atoms with Gasteiger partial charge < -0.3 is 5.11 Å². The largest absolute Gasteiger partial charge is 0.507 e. The molecule has 0 aromatic heterocycles. The van der Waals surface area contributed by atoms with Crippen LogP contribution in [0.25, 0.3) is 0 Å². The lowest BCUT2D eigenvalue weighted by atomic mass is 9.82. The second-order valence-corrected chi connectivity index (χ2v) is 7.10. The highest BCUT2D eigenvalue weighted by Crippen LogP contribution is 2.39. The fraction of sp³-hybridized carbons (Fsp3) is 0.500. The molecule has 0 saturated heterocycles. The van der Waals surface area contributed by atoms with Crippen LogP contribution in [0.4, 0.5) is 0 Å². The lowest BCUT2D eigenvalue weighted by Crippen LogP contribution is -2.21. The zero-order valence-electron chi connectivity index (χ0n) is 15.1. The van der Waals surface area contributed by atoms with Crippen LogP contribution in [-0.2, 0) is 9.59 Å². The summed E-state index contributed by atoms with van der Waals surface area (Å²) in [4.78, 5) is 24.7. The maximum absolute atomic E-state index is 12.4. The van der Waals surface area contributed by atoms with Crippen LogP contribution in [0.1, 0.15) is 54.4 Å². The average Bonchev–Trinajstić information content (AvgIpc) is 2.67. The van der Waals surface area contributed by atoms with Crippen LogP contribution < -0.4 is 0 Å². The van der Waals surface area contributed by atoms with Gasteiger partial charge in [0, 0.05) is 10.8 Å². The zero-order valence-corrected chi connectivity index (χ0v) is 15.1. The van der Waals surface area contributed by atoms with E-state index in [0.717, 1.165) is 12.8 Å². The van der Waals surface area contributed by atoms with E-state index >= 15 is 0 Å². The van der Waals surface area contributed by atoms with Gasteiger partial charge in [-0.05, 0) is 12.8 Å². The fourth-order valence-corrected chi connectivity index (χ4v) is 2.65. The van der Waals surface area contributed by atoms with Gasteiger partial charge in [-0.3, -0.25) is 9.59 Å². The third-order valence-corrected chi connectivity index (χ3v) is 3.88. The predicted molar refractivity (Wildman–Crippen MR) is 94.2 cm³/mol. The van der Waals surface area contributed by atoms with Gasteiger partial charge in [0.1, 0.15) is 5.76 Å². The number of hydrogen-bond donors (Lipinski definition) is 1. The quantitative estimate of drug-likeness (QED) is 0.432. The molecule has 1 N–H and O–H groups in total. The Morgan fingerprint density at radius 2 is 1.43 bits per heavy atom. The van der Waals surface area contributed by atoms with E-state index in [1.54, 1.807) is 6.08 Å². The van der Waals surface area contributed by atoms with Crippen molar-refractivity contribution in [3.05, 3.63) is 47.3 Å². The zero-order chi connectivity index (χ0) is 17.8. The van der Waals surface area contributed by atoms with Crippen molar-refractivity contribution in [1.29, 1.82) is 0 Å². The summed E-state index contributed by atoms with van der Waals surface area (Å²) in [7, 11) is 0. The summed E-state index contributed by atoms with van der Waals surface area (Å²) in [5.41, 5.74) is -0.776. The number of ketones is 2. The highest BCUT2D eigenvalue weighted by Gasteiger charge is 2.43. The topological polar surface area (TPSA) is 54.4 Å². The summed E-state index contributed by atoms with van der Waals surface area (Å²) in [6.07, 6.45) is 11.2. The van der Waals surface area contributed by atoms with E-state index in [4.69, 9.17) is 0 Å². The number of allylic oxidation sites excluding steroid dienone is 7. The van der Waals surface area contributed by atoms with Crippen molar-refractivity contribution >= 4 is 11.6 Å². The first kappa shape index (κ1) is 19.1. The van der Waals surface area contributed by atoms with Gasteiger partial charge in [0.2, 0.25) is 11.6 Å². The normalized spacial score (nSPS) is 19.1. The number of carbonyl (C=O) groups is 2. The molecule has 0 amide bonds. The Morgan fingerprint density at radius 1 is 0.913 bits per heavy atom. The van der Waals surface area contributed by atoms with Gasteiger partial charge in [-0.25, -0.2) is 0 Å². The van der Waals surface area contributed by atoms with E-state index < -0.39 is 22.4 Å². The molecule has 0 saturated carbocycles. The van der Waals surface area contributed by atoms with Crippen molar-refractivity contribution in [3.8, 4) is 0 Å². The van der Waals surface area contributed by atoms with E-state index in [0.29, 0.717) is 0 Å². The average molecular weight is 316 g/mol. The van der Waals surface area contributed by atoms with Gasteiger partial charge in [0.15, 0.2) is 0 Å². The molecule has 23 heavy (non-hydrogen) atoms. The van der Waals surface area contributed by atoms with Crippen molar-refractivity contribution in [1.82, 2.24) is 0 Å². The molecule has 126 valence electrons. The minimum absolute atomic E-state index is 0.119. The number of aliphatic hydroxyl groups is 1. The van der Waals surface area contributed by atoms with Gasteiger partial charge in [-0.2, -0.15) is 0 Å². The van der Waals surface area contributed by atoms with Gasteiger partial charge in [-0.15, -0.1) is 0 Å².